The maximum Gasteiger partial charge on any atom is 0.416 e. The zero-order valence-corrected chi connectivity index (χ0v) is 14.8. The number of carbonyl (C=O) groups excluding carboxylic acids is 1. The normalized spacial score (nSPS) is 11.6. The Morgan fingerprint density at radius 1 is 1.20 bits per heavy atom. The number of aromatic hydroxyl groups is 1. The Morgan fingerprint density at radius 2 is 1.90 bits per heavy atom. The molecule has 1 aromatic carbocycles. The van der Waals surface area contributed by atoms with Crippen molar-refractivity contribution in [2.45, 2.75) is 6.18 Å². The number of alkyl halides is 3. The first-order chi connectivity index (χ1) is 14.2. The van der Waals surface area contributed by atoms with Crippen molar-refractivity contribution in [2.75, 3.05) is 0 Å². The van der Waals surface area contributed by atoms with Gasteiger partial charge in [0.25, 0.3) is 11.5 Å². The first-order valence-corrected chi connectivity index (χ1v) is 8.18. The molecular formula is C18H12F3N5O4. The van der Waals surface area contributed by atoms with Gasteiger partial charge in [0.15, 0.2) is 0 Å². The van der Waals surface area contributed by atoms with E-state index in [1.54, 1.807) is 0 Å². The van der Waals surface area contributed by atoms with E-state index >= 15 is 0 Å². The number of nitrogens with zero attached hydrogens (tertiary/aromatic N) is 3. The van der Waals surface area contributed by atoms with Gasteiger partial charge in [-0.05, 0) is 30.3 Å². The van der Waals surface area contributed by atoms with Crippen molar-refractivity contribution in [2.24, 2.45) is 5.10 Å². The van der Waals surface area contributed by atoms with Crippen molar-refractivity contribution in [1.29, 1.82) is 0 Å². The van der Waals surface area contributed by atoms with Crippen molar-refractivity contribution in [3.05, 3.63) is 86.3 Å². The van der Waals surface area contributed by atoms with Crippen LogP contribution in [-0.2, 0) is 6.18 Å². The van der Waals surface area contributed by atoms with E-state index in [9.17, 15) is 32.7 Å². The van der Waals surface area contributed by atoms with Crippen LogP contribution in [0.15, 0.2) is 63.5 Å². The highest BCUT2D eigenvalue weighted by molar-refractivity contribution is 5.94. The molecule has 3 N–H and O–H groups in total. The van der Waals surface area contributed by atoms with Gasteiger partial charge in [-0.2, -0.15) is 18.3 Å². The largest absolute Gasteiger partial charge is 0.493 e. The van der Waals surface area contributed by atoms with Gasteiger partial charge in [0, 0.05) is 18.0 Å². The fourth-order valence-electron chi connectivity index (χ4n) is 2.44. The summed E-state index contributed by atoms with van der Waals surface area (Å²) in [6.07, 6.45) is -1.17. The van der Waals surface area contributed by atoms with E-state index in [2.05, 4.69) is 15.5 Å². The number of nitrogens with one attached hydrogen (secondary N) is 2. The topological polar surface area (TPSA) is 129 Å². The number of pyridine rings is 1. The molecule has 0 unspecified atom stereocenters. The minimum absolute atomic E-state index is 0.217. The molecule has 0 fully saturated rings. The zero-order valence-electron chi connectivity index (χ0n) is 14.8. The predicted molar refractivity (Wildman–Crippen MR) is 98.6 cm³/mol. The summed E-state index contributed by atoms with van der Waals surface area (Å²) >= 11 is 0. The predicted octanol–water partition coefficient (Wildman–Crippen LogP) is 1.41. The molecule has 30 heavy (non-hydrogen) atoms. The van der Waals surface area contributed by atoms with Crippen LogP contribution in [0, 0.1) is 0 Å². The highest BCUT2D eigenvalue weighted by Crippen LogP contribution is 2.30. The maximum atomic E-state index is 12.9. The average molecular weight is 419 g/mol. The van der Waals surface area contributed by atoms with Crippen LogP contribution in [0.4, 0.5) is 13.2 Å². The lowest BCUT2D eigenvalue weighted by atomic mass is 10.2. The number of rotatable bonds is 4. The van der Waals surface area contributed by atoms with Gasteiger partial charge in [-0.15, -0.1) is 0 Å². The second-order valence-corrected chi connectivity index (χ2v) is 5.82. The van der Waals surface area contributed by atoms with Crippen molar-refractivity contribution in [3.63, 3.8) is 0 Å². The van der Waals surface area contributed by atoms with Gasteiger partial charge in [-0.1, -0.05) is 6.07 Å². The second kappa shape index (κ2) is 8.03. The van der Waals surface area contributed by atoms with Gasteiger partial charge in [0.1, 0.15) is 5.56 Å². The van der Waals surface area contributed by atoms with Crippen LogP contribution in [0.5, 0.6) is 5.88 Å². The molecule has 0 aliphatic rings. The fourth-order valence-corrected chi connectivity index (χ4v) is 2.44. The van der Waals surface area contributed by atoms with Gasteiger partial charge in [-0.25, -0.2) is 14.8 Å². The summed E-state index contributed by atoms with van der Waals surface area (Å²) in [6.45, 7) is 0. The van der Waals surface area contributed by atoms with E-state index in [1.165, 1.54) is 24.5 Å². The minimum atomic E-state index is -4.68. The molecule has 0 bridgehead atoms. The molecule has 2 aromatic heterocycles. The van der Waals surface area contributed by atoms with Gasteiger partial charge in [0.05, 0.1) is 17.5 Å². The number of benzene rings is 1. The van der Waals surface area contributed by atoms with Crippen LogP contribution >= 0.6 is 0 Å². The highest BCUT2D eigenvalue weighted by Gasteiger charge is 2.31. The molecule has 3 rings (SSSR count). The molecule has 0 saturated heterocycles. The van der Waals surface area contributed by atoms with E-state index in [0.717, 1.165) is 24.4 Å². The van der Waals surface area contributed by atoms with Crippen LogP contribution in [0.1, 0.15) is 21.5 Å². The summed E-state index contributed by atoms with van der Waals surface area (Å²) in [4.78, 5) is 41.6. The molecule has 0 aliphatic heterocycles. The third-order valence-corrected chi connectivity index (χ3v) is 3.85. The first kappa shape index (κ1) is 20.5. The number of carbonyl (C=O) groups is 1. The molecule has 12 heteroatoms. The van der Waals surface area contributed by atoms with Crippen molar-refractivity contribution in [1.82, 2.24) is 20.0 Å². The lowest BCUT2D eigenvalue weighted by molar-refractivity contribution is -0.137. The van der Waals surface area contributed by atoms with Crippen molar-refractivity contribution >= 4 is 12.1 Å². The highest BCUT2D eigenvalue weighted by atomic mass is 19.4. The molecule has 154 valence electrons. The van der Waals surface area contributed by atoms with Crippen LogP contribution in [0.3, 0.4) is 0 Å². The molecule has 0 radical (unpaired) electrons. The number of hydrogen-bond donors (Lipinski definition) is 3. The zero-order chi connectivity index (χ0) is 21.9. The Bertz CT molecular complexity index is 1230. The number of hydrazone groups is 1. The first-order valence-electron chi connectivity index (χ1n) is 8.18. The Kier molecular flexibility index (Phi) is 5.49. The number of H-pyrrole nitrogens is 1. The van der Waals surface area contributed by atoms with Crippen LogP contribution in [-0.4, -0.2) is 31.8 Å². The number of hydrogen-bond acceptors (Lipinski definition) is 6. The molecule has 0 saturated carbocycles. The number of amides is 1. The summed E-state index contributed by atoms with van der Waals surface area (Å²) in [6, 6.07) is 6.41. The van der Waals surface area contributed by atoms with Crippen LogP contribution in [0.25, 0.3) is 5.69 Å². The van der Waals surface area contributed by atoms with Crippen LogP contribution < -0.4 is 16.7 Å². The standard InChI is InChI=1S/C18H12F3N5O4/c19-18(20,21)11-2-1-3-12(8-11)26-16(29)13(15(28)24-17(26)30)9-23-25-14(27)10-4-6-22-7-5-10/h1-9,29H,(H,25,27)(H,24,28,30). The third-order valence-electron chi connectivity index (χ3n) is 3.85. The maximum absolute atomic E-state index is 12.9. The molecule has 3 aromatic rings. The fraction of sp³-hybridized carbons (Fsp3) is 0.0556. The summed E-state index contributed by atoms with van der Waals surface area (Å²) in [7, 11) is 0. The SMILES string of the molecule is O=C(NN=Cc1c(O)n(-c2cccc(C(F)(F)F)c2)c(=O)[nH]c1=O)c1ccncc1. The Balaban J connectivity index is 1.97. The van der Waals surface area contributed by atoms with E-state index in [1.807, 2.05) is 4.98 Å². The van der Waals surface area contributed by atoms with Crippen LogP contribution in [0.2, 0.25) is 0 Å². The van der Waals surface area contributed by atoms with E-state index in [4.69, 9.17) is 0 Å². The third kappa shape index (κ3) is 4.27. The lowest BCUT2D eigenvalue weighted by Gasteiger charge is -2.12. The second-order valence-electron chi connectivity index (χ2n) is 5.82. The molecule has 0 spiro atoms. The summed E-state index contributed by atoms with van der Waals surface area (Å²) in [5.74, 6) is -1.60. The Morgan fingerprint density at radius 3 is 2.57 bits per heavy atom. The lowest BCUT2D eigenvalue weighted by Crippen LogP contribution is -2.31. The minimum Gasteiger partial charge on any atom is -0.493 e. The molecule has 9 nitrogen and oxygen atoms in total. The molecule has 2 heterocycles. The van der Waals surface area contributed by atoms with Gasteiger partial charge in [-0.3, -0.25) is 19.6 Å². The van der Waals surface area contributed by atoms with Gasteiger partial charge < -0.3 is 5.11 Å². The van der Waals surface area contributed by atoms with E-state index in [-0.39, 0.29) is 11.3 Å². The Labute approximate surface area is 165 Å². The quantitative estimate of drug-likeness (QED) is 0.435. The Hall–Kier alpha value is -4.22. The number of aromatic amines is 1. The molecule has 0 atom stereocenters. The van der Waals surface area contributed by atoms with Crippen molar-refractivity contribution in [3.8, 4) is 11.6 Å². The van der Waals surface area contributed by atoms with Gasteiger partial charge >= 0.3 is 11.9 Å². The smallest absolute Gasteiger partial charge is 0.416 e. The molecule has 0 aliphatic carbocycles. The number of aromatic nitrogens is 3. The van der Waals surface area contributed by atoms with E-state index in [0.29, 0.717) is 10.6 Å². The summed E-state index contributed by atoms with van der Waals surface area (Å²) in [5.41, 5.74) is -1.83. The number of halogens is 3. The summed E-state index contributed by atoms with van der Waals surface area (Å²) in [5, 5.41) is 13.9. The molecule has 1 amide bonds. The van der Waals surface area contributed by atoms with E-state index < -0.39 is 40.3 Å². The average Bonchev–Trinajstić information content (AvgIpc) is 2.70. The summed E-state index contributed by atoms with van der Waals surface area (Å²) < 4.78 is 39.3. The molecular weight excluding hydrogens is 407 g/mol. The monoisotopic (exact) mass is 419 g/mol. The van der Waals surface area contributed by atoms with Gasteiger partial charge in [0.2, 0.25) is 5.88 Å². The van der Waals surface area contributed by atoms with Crippen molar-refractivity contribution < 1.29 is 23.1 Å².